The number of rotatable bonds is 5. The van der Waals surface area contributed by atoms with Crippen LogP contribution in [-0.4, -0.2) is 50.6 Å². The van der Waals surface area contributed by atoms with Crippen LogP contribution in [0.2, 0.25) is 0 Å². The number of benzene rings is 2. The van der Waals surface area contributed by atoms with E-state index in [9.17, 15) is 0 Å². The minimum absolute atomic E-state index is 0.452. The van der Waals surface area contributed by atoms with E-state index in [0.717, 1.165) is 59.1 Å². The normalized spacial score (nSPS) is 19.6. The largest absolute Gasteiger partial charge is 0.383 e. The smallest absolute Gasteiger partial charge is 0.165 e. The molecule has 2 aliphatic rings. The highest BCUT2D eigenvalue weighted by molar-refractivity contribution is 5.84. The first-order valence-corrected chi connectivity index (χ1v) is 13.4. The Balaban J connectivity index is 1.27. The molecule has 1 spiro atoms. The molecule has 0 bridgehead atoms. The number of anilines is 1. The molecule has 1 unspecified atom stereocenters. The van der Waals surface area contributed by atoms with Crippen LogP contribution in [0.25, 0.3) is 39.5 Å². The summed E-state index contributed by atoms with van der Waals surface area (Å²) in [5, 5.41) is 3.56. The number of likely N-dealkylation sites (tertiary alicyclic amines) is 1. The van der Waals surface area contributed by atoms with Crippen molar-refractivity contribution in [1.29, 1.82) is 0 Å². The molecule has 2 aliphatic heterocycles. The number of imidazole rings is 1. The van der Waals surface area contributed by atoms with Crippen molar-refractivity contribution in [2.75, 3.05) is 31.9 Å². The van der Waals surface area contributed by atoms with Crippen molar-refractivity contribution < 1.29 is 0 Å². The zero-order valence-corrected chi connectivity index (χ0v) is 21.3. The molecule has 2 saturated heterocycles. The van der Waals surface area contributed by atoms with Gasteiger partial charge in [-0.25, -0.2) is 15.0 Å². The van der Waals surface area contributed by atoms with E-state index < -0.39 is 0 Å². The van der Waals surface area contributed by atoms with Gasteiger partial charge in [0.2, 0.25) is 0 Å². The SMILES string of the molecule is Nc1ncccc1-c1nc2ccc(-c3ccccc3)nc2n1-c1ccc(CN2CCC3(CCNC3)C2)cc1. The van der Waals surface area contributed by atoms with Gasteiger partial charge in [0.25, 0.3) is 0 Å². The molecular weight excluding hydrogens is 470 g/mol. The Labute approximate surface area is 222 Å². The molecule has 3 aromatic heterocycles. The van der Waals surface area contributed by atoms with Crippen LogP contribution in [0.5, 0.6) is 0 Å². The Hall–Kier alpha value is -4.07. The van der Waals surface area contributed by atoms with Crippen LogP contribution >= 0.6 is 0 Å². The topological polar surface area (TPSA) is 84.9 Å². The van der Waals surface area contributed by atoms with Gasteiger partial charge >= 0.3 is 0 Å². The molecule has 190 valence electrons. The van der Waals surface area contributed by atoms with E-state index >= 15 is 0 Å². The van der Waals surface area contributed by atoms with E-state index in [1.54, 1.807) is 6.20 Å². The standard InChI is InChI=1S/C31H31N7/c32-28-25(7-4-16-34-28)29-36-27-13-12-26(23-5-2-1-3-6-23)35-30(27)38(29)24-10-8-22(9-11-24)19-37-18-15-31(21-37)14-17-33-20-31/h1-13,16,33H,14-15,17-21H2,(H2,32,34). The summed E-state index contributed by atoms with van der Waals surface area (Å²) in [5.74, 6) is 1.19. The van der Waals surface area contributed by atoms with Gasteiger partial charge in [0, 0.05) is 37.1 Å². The van der Waals surface area contributed by atoms with Gasteiger partial charge in [-0.05, 0) is 73.3 Å². The third kappa shape index (κ3) is 4.14. The molecule has 2 aromatic carbocycles. The summed E-state index contributed by atoms with van der Waals surface area (Å²) in [7, 11) is 0. The average Bonchev–Trinajstić information content (AvgIpc) is 3.68. The van der Waals surface area contributed by atoms with Gasteiger partial charge in [0.15, 0.2) is 11.5 Å². The number of hydrogen-bond donors (Lipinski definition) is 2. The Bertz CT molecular complexity index is 1580. The zero-order chi connectivity index (χ0) is 25.5. The number of nitrogens with zero attached hydrogens (tertiary/aromatic N) is 5. The summed E-state index contributed by atoms with van der Waals surface area (Å²) in [6.45, 7) is 5.65. The summed E-state index contributed by atoms with van der Waals surface area (Å²) >= 11 is 0. The van der Waals surface area contributed by atoms with Crippen LogP contribution in [0.3, 0.4) is 0 Å². The van der Waals surface area contributed by atoms with Crippen molar-refractivity contribution in [3.8, 4) is 28.3 Å². The molecule has 7 heteroatoms. The summed E-state index contributed by atoms with van der Waals surface area (Å²) in [4.78, 5) is 17.0. The molecule has 0 radical (unpaired) electrons. The number of aromatic nitrogens is 4. The lowest BCUT2D eigenvalue weighted by Gasteiger charge is -2.23. The van der Waals surface area contributed by atoms with Crippen LogP contribution < -0.4 is 11.1 Å². The van der Waals surface area contributed by atoms with E-state index in [1.165, 1.54) is 31.5 Å². The molecule has 1 atom stereocenters. The number of hydrogen-bond acceptors (Lipinski definition) is 6. The lowest BCUT2D eigenvalue weighted by atomic mass is 9.86. The molecule has 7 rings (SSSR count). The maximum atomic E-state index is 6.31. The van der Waals surface area contributed by atoms with Crippen molar-refractivity contribution in [3.63, 3.8) is 0 Å². The summed E-state index contributed by atoms with van der Waals surface area (Å²) in [6, 6.07) is 27.0. The van der Waals surface area contributed by atoms with Crippen molar-refractivity contribution in [3.05, 3.63) is 90.6 Å². The van der Waals surface area contributed by atoms with Crippen molar-refractivity contribution in [1.82, 2.24) is 29.7 Å². The first kappa shape index (κ1) is 23.1. The van der Waals surface area contributed by atoms with E-state index in [2.05, 4.69) is 56.2 Å². The molecule has 0 aliphatic carbocycles. The second-order valence-electron chi connectivity index (χ2n) is 10.7. The second-order valence-corrected chi connectivity index (χ2v) is 10.7. The number of nitrogen functional groups attached to an aromatic ring is 1. The highest BCUT2D eigenvalue weighted by Gasteiger charge is 2.40. The van der Waals surface area contributed by atoms with Crippen molar-refractivity contribution in [2.24, 2.45) is 5.41 Å². The molecule has 3 N–H and O–H groups in total. The van der Waals surface area contributed by atoms with Gasteiger partial charge in [-0.3, -0.25) is 9.47 Å². The van der Waals surface area contributed by atoms with Gasteiger partial charge in [0.1, 0.15) is 11.3 Å². The first-order chi connectivity index (χ1) is 18.7. The van der Waals surface area contributed by atoms with Crippen molar-refractivity contribution in [2.45, 2.75) is 19.4 Å². The minimum atomic E-state index is 0.452. The number of nitrogens with one attached hydrogen (secondary N) is 1. The number of fused-ring (bicyclic) bond motifs is 1. The highest BCUT2D eigenvalue weighted by atomic mass is 15.2. The zero-order valence-electron chi connectivity index (χ0n) is 21.3. The first-order valence-electron chi connectivity index (χ1n) is 13.4. The third-order valence-corrected chi connectivity index (χ3v) is 8.10. The fraction of sp³-hybridized carbons (Fsp3) is 0.258. The summed E-state index contributed by atoms with van der Waals surface area (Å²) < 4.78 is 2.11. The van der Waals surface area contributed by atoms with E-state index in [4.69, 9.17) is 15.7 Å². The van der Waals surface area contributed by atoms with E-state index in [1.807, 2.05) is 42.5 Å². The maximum absolute atomic E-state index is 6.31. The maximum Gasteiger partial charge on any atom is 0.165 e. The molecule has 5 aromatic rings. The lowest BCUT2D eigenvalue weighted by Crippen LogP contribution is -2.28. The molecule has 5 heterocycles. The van der Waals surface area contributed by atoms with Crippen LogP contribution in [0.15, 0.2) is 85.1 Å². The Kier molecular flexibility index (Phi) is 5.68. The van der Waals surface area contributed by atoms with Crippen LogP contribution in [-0.2, 0) is 6.54 Å². The molecule has 0 saturated carbocycles. The monoisotopic (exact) mass is 501 g/mol. The van der Waals surface area contributed by atoms with Gasteiger partial charge in [0.05, 0.1) is 11.3 Å². The lowest BCUT2D eigenvalue weighted by molar-refractivity contribution is 0.268. The number of nitrogens with two attached hydrogens (primary N) is 1. The molecule has 38 heavy (non-hydrogen) atoms. The van der Waals surface area contributed by atoms with Gasteiger partial charge in [-0.15, -0.1) is 0 Å². The Morgan fingerprint density at radius 3 is 2.55 bits per heavy atom. The quantitative estimate of drug-likeness (QED) is 0.356. The van der Waals surface area contributed by atoms with Gasteiger partial charge in [-0.2, -0.15) is 0 Å². The third-order valence-electron chi connectivity index (χ3n) is 8.10. The Morgan fingerprint density at radius 2 is 1.76 bits per heavy atom. The molecule has 2 fully saturated rings. The van der Waals surface area contributed by atoms with E-state index in [0.29, 0.717) is 11.2 Å². The van der Waals surface area contributed by atoms with Crippen LogP contribution in [0.1, 0.15) is 18.4 Å². The predicted molar refractivity (Wildman–Crippen MR) is 152 cm³/mol. The van der Waals surface area contributed by atoms with Gasteiger partial charge < -0.3 is 11.1 Å². The molecular formula is C31H31N7. The van der Waals surface area contributed by atoms with E-state index in [-0.39, 0.29) is 0 Å². The fourth-order valence-corrected chi connectivity index (χ4v) is 6.07. The van der Waals surface area contributed by atoms with Crippen LogP contribution in [0, 0.1) is 5.41 Å². The summed E-state index contributed by atoms with van der Waals surface area (Å²) in [5.41, 5.74) is 13.5. The molecule has 7 nitrogen and oxygen atoms in total. The summed E-state index contributed by atoms with van der Waals surface area (Å²) in [6.07, 6.45) is 4.30. The minimum Gasteiger partial charge on any atom is -0.383 e. The fourth-order valence-electron chi connectivity index (χ4n) is 6.07. The predicted octanol–water partition coefficient (Wildman–Crippen LogP) is 4.92. The highest BCUT2D eigenvalue weighted by Crippen LogP contribution is 2.37. The second kappa shape index (κ2) is 9.35. The van der Waals surface area contributed by atoms with Crippen LogP contribution in [0.4, 0.5) is 5.82 Å². The Morgan fingerprint density at radius 1 is 0.895 bits per heavy atom. The van der Waals surface area contributed by atoms with Crippen molar-refractivity contribution >= 4 is 17.0 Å². The number of pyridine rings is 2. The molecule has 0 amide bonds. The van der Waals surface area contributed by atoms with Gasteiger partial charge in [-0.1, -0.05) is 42.5 Å². The average molecular weight is 502 g/mol.